The van der Waals surface area contributed by atoms with Crippen molar-refractivity contribution >= 4 is 16.8 Å². The molecule has 1 aromatic carbocycles. The minimum Gasteiger partial charge on any atom is -0.356 e. The molecule has 120 valence electrons. The van der Waals surface area contributed by atoms with Crippen LogP contribution in [0.15, 0.2) is 24.3 Å². The number of aromatic amines is 1. The van der Waals surface area contributed by atoms with Gasteiger partial charge in [0.15, 0.2) is 0 Å². The highest BCUT2D eigenvalue weighted by molar-refractivity contribution is 5.87. The van der Waals surface area contributed by atoms with Crippen molar-refractivity contribution in [2.75, 3.05) is 6.54 Å². The van der Waals surface area contributed by atoms with Gasteiger partial charge in [-0.15, -0.1) is 12.3 Å². The largest absolute Gasteiger partial charge is 0.471 e. The first-order valence-corrected chi connectivity index (χ1v) is 7.34. The summed E-state index contributed by atoms with van der Waals surface area (Å²) in [7, 11) is 0. The average molecular weight is 320 g/mol. The van der Waals surface area contributed by atoms with Crippen molar-refractivity contribution in [2.24, 2.45) is 0 Å². The zero-order valence-electron chi connectivity index (χ0n) is 12.3. The number of rotatable bonds is 2. The van der Waals surface area contributed by atoms with E-state index in [-0.39, 0.29) is 6.54 Å². The van der Waals surface area contributed by atoms with Crippen LogP contribution in [0.25, 0.3) is 10.9 Å². The molecule has 0 spiro atoms. The van der Waals surface area contributed by atoms with Crippen molar-refractivity contribution < 1.29 is 18.0 Å². The number of amides is 1. The Labute approximate surface area is 131 Å². The summed E-state index contributed by atoms with van der Waals surface area (Å²) in [6, 6.07) is 6.89. The predicted molar refractivity (Wildman–Crippen MR) is 80.6 cm³/mol. The number of nitrogens with zero attached hydrogens (tertiary/aromatic N) is 1. The van der Waals surface area contributed by atoms with Crippen molar-refractivity contribution in [1.82, 2.24) is 9.88 Å². The number of benzene rings is 1. The van der Waals surface area contributed by atoms with Gasteiger partial charge in [0.05, 0.1) is 6.04 Å². The molecule has 0 fully saturated rings. The lowest BCUT2D eigenvalue weighted by Gasteiger charge is -2.36. The molecule has 0 saturated carbocycles. The third-order valence-corrected chi connectivity index (χ3v) is 4.22. The zero-order chi connectivity index (χ0) is 16.6. The third-order valence-electron chi connectivity index (χ3n) is 4.22. The lowest BCUT2D eigenvalue weighted by atomic mass is 9.94. The van der Waals surface area contributed by atoms with Crippen molar-refractivity contribution in [3.05, 3.63) is 35.5 Å². The van der Waals surface area contributed by atoms with Crippen LogP contribution in [-0.4, -0.2) is 28.5 Å². The van der Waals surface area contributed by atoms with E-state index < -0.39 is 18.1 Å². The molecule has 0 aliphatic carbocycles. The molecule has 1 N–H and O–H groups in total. The summed E-state index contributed by atoms with van der Waals surface area (Å²) in [6.07, 6.45) is 1.39. The van der Waals surface area contributed by atoms with Crippen LogP contribution in [0.3, 0.4) is 0 Å². The van der Waals surface area contributed by atoms with E-state index >= 15 is 0 Å². The fourth-order valence-electron chi connectivity index (χ4n) is 3.24. The number of carbonyl (C=O) groups excluding carboxylic acids is 1. The van der Waals surface area contributed by atoms with Crippen molar-refractivity contribution in [2.45, 2.75) is 31.5 Å². The van der Waals surface area contributed by atoms with Gasteiger partial charge in [0.25, 0.3) is 0 Å². The van der Waals surface area contributed by atoms with E-state index in [2.05, 4.69) is 10.9 Å². The van der Waals surface area contributed by atoms with Crippen LogP contribution in [-0.2, 0) is 11.2 Å². The average Bonchev–Trinajstić information content (AvgIpc) is 2.89. The van der Waals surface area contributed by atoms with E-state index in [1.807, 2.05) is 24.3 Å². The SMILES string of the molecule is C#CCC[C@H]1c2[nH]c3ccccc3c2CCN1C(=O)C(F)(F)F. The van der Waals surface area contributed by atoms with Crippen molar-refractivity contribution in [3.8, 4) is 12.3 Å². The second-order valence-corrected chi connectivity index (χ2v) is 5.57. The molecule has 2 aromatic rings. The van der Waals surface area contributed by atoms with Gasteiger partial charge < -0.3 is 9.88 Å². The summed E-state index contributed by atoms with van der Waals surface area (Å²) >= 11 is 0. The fraction of sp³-hybridized carbons (Fsp3) is 0.353. The third kappa shape index (κ3) is 2.67. The first kappa shape index (κ1) is 15.5. The summed E-state index contributed by atoms with van der Waals surface area (Å²) < 4.78 is 38.6. The summed E-state index contributed by atoms with van der Waals surface area (Å²) in [5.41, 5.74) is 2.52. The van der Waals surface area contributed by atoms with E-state index in [1.54, 1.807) is 0 Å². The van der Waals surface area contributed by atoms with Crippen LogP contribution in [0.2, 0.25) is 0 Å². The van der Waals surface area contributed by atoms with Crippen LogP contribution in [0.1, 0.15) is 30.1 Å². The number of nitrogens with one attached hydrogen (secondary N) is 1. The highest BCUT2D eigenvalue weighted by Crippen LogP contribution is 2.38. The maximum absolute atomic E-state index is 12.9. The van der Waals surface area contributed by atoms with Gasteiger partial charge in [-0.25, -0.2) is 0 Å². The molecule has 1 aromatic heterocycles. The van der Waals surface area contributed by atoms with E-state index in [1.165, 1.54) is 0 Å². The quantitative estimate of drug-likeness (QED) is 0.844. The van der Waals surface area contributed by atoms with Gasteiger partial charge in [-0.2, -0.15) is 13.2 Å². The first-order valence-electron chi connectivity index (χ1n) is 7.34. The topological polar surface area (TPSA) is 36.1 Å². The molecule has 1 aliphatic heterocycles. The zero-order valence-corrected chi connectivity index (χ0v) is 12.3. The van der Waals surface area contributed by atoms with Crippen molar-refractivity contribution in [1.29, 1.82) is 0 Å². The minimum atomic E-state index is -4.88. The predicted octanol–water partition coefficient (Wildman–Crippen LogP) is 3.57. The maximum Gasteiger partial charge on any atom is 0.471 e. The van der Waals surface area contributed by atoms with Gasteiger partial charge in [0, 0.05) is 29.6 Å². The normalized spacial score (nSPS) is 17.8. The van der Waals surface area contributed by atoms with Gasteiger partial charge >= 0.3 is 12.1 Å². The smallest absolute Gasteiger partial charge is 0.356 e. The Kier molecular flexibility index (Phi) is 3.80. The summed E-state index contributed by atoms with van der Waals surface area (Å²) in [6.45, 7) is 0.0441. The number of halogens is 3. The lowest BCUT2D eigenvalue weighted by Crippen LogP contribution is -2.46. The van der Waals surface area contributed by atoms with E-state index in [9.17, 15) is 18.0 Å². The molecule has 2 heterocycles. The molecule has 0 bridgehead atoms. The molecule has 0 saturated heterocycles. The standard InChI is InChI=1S/C17H15F3N2O/c1-2-3-8-14-15-12(11-6-4-5-7-13(11)21-15)9-10-22(14)16(23)17(18,19)20/h1,4-7,14,21H,3,8-10H2/t14-/m0/s1. The van der Waals surface area contributed by atoms with Gasteiger partial charge in [-0.1, -0.05) is 18.2 Å². The molecule has 0 unspecified atom stereocenters. The summed E-state index contributed by atoms with van der Waals surface area (Å²) in [5, 5.41) is 0.993. The Morgan fingerprint density at radius 3 is 2.83 bits per heavy atom. The molecule has 1 aliphatic rings. The summed E-state index contributed by atoms with van der Waals surface area (Å²) in [5.74, 6) is 0.643. The van der Waals surface area contributed by atoms with Crippen LogP contribution in [0.4, 0.5) is 13.2 Å². The maximum atomic E-state index is 12.9. The van der Waals surface area contributed by atoms with Crippen molar-refractivity contribution in [3.63, 3.8) is 0 Å². The fourth-order valence-corrected chi connectivity index (χ4v) is 3.24. The number of hydrogen-bond acceptors (Lipinski definition) is 1. The minimum absolute atomic E-state index is 0.0441. The molecule has 1 atom stereocenters. The van der Waals surface area contributed by atoms with E-state index in [0.717, 1.165) is 21.4 Å². The number of alkyl halides is 3. The molecule has 6 heteroatoms. The van der Waals surface area contributed by atoms with E-state index in [0.29, 0.717) is 25.0 Å². The molecular weight excluding hydrogens is 305 g/mol. The number of fused-ring (bicyclic) bond motifs is 3. The highest BCUT2D eigenvalue weighted by atomic mass is 19.4. The number of para-hydroxylation sites is 1. The number of terminal acetylenes is 1. The second kappa shape index (κ2) is 5.65. The van der Waals surface area contributed by atoms with Gasteiger partial charge in [-0.05, 0) is 24.5 Å². The van der Waals surface area contributed by atoms with Gasteiger partial charge in [0.2, 0.25) is 0 Å². The van der Waals surface area contributed by atoms with Gasteiger partial charge in [-0.3, -0.25) is 4.79 Å². The number of carbonyl (C=O) groups is 1. The molecule has 1 amide bonds. The lowest BCUT2D eigenvalue weighted by molar-refractivity contribution is -0.188. The Morgan fingerprint density at radius 1 is 1.39 bits per heavy atom. The monoisotopic (exact) mass is 320 g/mol. The van der Waals surface area contributed by atoms with Crippen LogP contribution in [0, 0.1) is 12.3 Å². The molecule has 0 radical (unpaired) electrons. The molecular formula is C17H15F3N2O. The summed E-state index contributed by atoms with van der Waals surface area (Å²) in [4.78, 5) is 15.8. The van der Waals surface area contributed by atoms with Crippen LogP contribution >= 0.6 is 0 Å². The Morgan fingerprint density at radius 2 is 2.13 bits per heavy atom. The number of aromatic nitrogens is 1. The first-order chi connectivity index (χ1) is 10.9. The van der Waals surface area contributed by atoms with Crippen LogP contribution < -0.4 is 0 Å². The Bertz CT molecular complexity index is 785. The second-order valence-electron chi connectivity index (χ2n) is 5.57. The Hall–Kier alpha value is -2.42. The molecule has 3 rings (SSSR count). The molecule has 3 nitrogen and oxygen atoms in total. The Balaban J connectivity index is 2.06. The van der Waals surface area contributed by atoms with Gasteiger partial charge in [0.1, 0.15) is 0 Å². The number of hydrogen-bond donors (Lipinski definition) is 1. The highest BCUT2D eigenvalue weighted by Gasteiger charge is 2.46. The molecule has 23 heavy (non-hydrogen) atoms. The van der Waals surface area contributed by atoms with E-state index in [4.69, 9.17) is 6.42 Å². The van der Waals surface area contributed by atoms with Crippen LogP contribution in [0.5, 0.6) is 0 Å². The number of H-pyrrole nitrogens is 1.